The van der Waals surface area contributed by atoms with Gasteiger partial charge in [-0.25, -0.2) is 4.39 Å². The quantitative estimate of drug-likeness (QED) is 0.573. The molecule has 0 amide bonds. The monoisotopic (exact) mass is 131 g/mol. The van der Waals surface area contributed by atoms with Crippen LogP contribution in [0.5, 0.6) is 0 Å². The Morgan fingerprint density at radius 2 is 2.00 bits per heavy atom. The highest BCUT2D eigenvalue weighted by atomic mass is 19.1. The molecule has 9 heavy (non-hydrogen) atoms. The van der Waals surface area contributed by atoms with E-state index in [1.165, 1.54) is 6.42 Å². The van der Waals surface area contributed by atoms with E-state index in [-0.39, 0.29) is 5.92 Å². The van der Waals surface area contributed by atoms with Crippen molar-refractivity contribution < 1.29 is 4.39 Å². The van der Waals surface area contributed by atoms with E-state index in [1.807, 2.05) is 0 Å². The number of hydrogen-bond acceptors (Lipinski definition) is 1. The first kappa shape index (κ1) is 7.00. The topological polar surface area (TPSA) is 26.0 Å². The van der Waals surface area contributed by atoms with Crippen molar-refractivity contribution in [1.82, 2.24) is 0 Å². The van der Waals surface area contributed by atoms with Crippen molar-refractivity contribution in [1.29, 1.82) is 0 Å². The maximum Gasteiger partial charge on any atom is 0.104 e. The second-order valence-corrected chi connectivity index (χ2v) is 2.80. The van der Waals surface area contributed by atoms with Crippen LogP contribution in [0.1, 0.15) is 25.7 Å². The Morgan fingerprint density at radius 3 is 2.44 bits per heavy atom. The fourth-order valence-corrected chi connectivity index (χ4v) is 1.43. The summed E-state index contributed by atoms with van der Waals surface area (Å²) in [6, 6.07) is 0. The van der Waals surface area contributed by atoms with Crippen LogP contribution in [0, 0.1) is 5.92 Å². The van der Waals surface area contributed by atoms with Crippen molar-refractivity contribution in [2.45, 2.75) is 31.9 Å². The smallest absolute Gasteiger partial charge is 0.104 e. The molecular formula is C7H14FN. The van der Waals surface area contributed by atoms with Crippen molar-refractivity contribution in [3.63, 3.8) is 0 Å². The van der Waals surface area contributed by atoms with Gasteiger partial charge < -0.3 is 5.73 Å². The van der Waals surface area contributed by atoms with Gasteiger partial charge in [-0.1, -0.05) is 12.8 Å². The van der Waals surface area contributed by atoms with Gasteiger partial charge in [-0.15, -0.1) is 0 Å². The second-order valence-electron chi connectivity index (χ2n) is 2.80. The van der Waals surface area contributed by atoms with Crippen molar-refractivity contribution in [2.24, 2.45) is 11.7 Å². The lowest BCUT2D eigenvalue weighted by molar-refractivity contribution is 0.171. The first-order valence-electron chi connectivity index (χ1n) is 3.68. The van der Waals surface area contributed by atoms with Crippen LogP contribution in [0.3, 0.4) is 0 Å². The molecule has 54 valence electrons. The number of rotatable bonds is 1. The first-order chi connectivity index (χ1) is 4.34. The van der Waals surface area contributed by atoms with Crippen molar-refractivity contribution in [3.05, 3.63) is 0 Å². The minimum atomic E-state index is -0.608. The number of nitrogens with two attached hydrogens (primary N) is 1. The summed E-state index contributed by atoms with van der Waals surface area (Å²) in [4.78, 5) is 0. The van der Waals surface area contributed by atoms with Gasteiger partial charge in [-0.3, -0.25) is 0 Å². The highest BCUT2D eigenvalue weighted by molar-refractivity contribution is 4.74. The molecule has 2 N–H and O–H groups in total. The zero-order valence-corrected chi connectivity index (χ0v) is 5.65. The molecule has 2 atom stereocenters. The Balaban J connectivity index is 2.30. The molecule has 0 aliphatic heterocycles. The van der Waals surface area contributed by atoms with Gasteiger partial charge in [0.25, 0.3) is 0 Å². The van der Waals surface area contributed by atoms with E-state index in [0.717, 1.165) is 19.3 Å². The molecule has 0 aromatic heterocycles. The third kappa shape index (κ3) is 1.65. The van der Waals surface area contributed by atoms with Crippen LogP contribution >= 0.6 is 0 Å². The molecule has 0 spiro atoms. The molecular weight excluding hydrogens is 117 g/mol. The van der Waals surface area contributed by atoms with Gasteiger partial charge in [0.1, 0.15) is 6.17 Å². The van der Waals surface area contributed by atoms with Crippen LogP contribution in [-0.4, -0.2) is 12.7 Å². The highest BCUT2D eigenvalue weighted by Crippen LogP contribution is 2.25. The van der Waals surface area contributed by atoms with Gasteiger partial charge in [0.15, 0.2) is 0 Å². The summed E-state index contributed by atoms with van der Waals surface area (Å²) in [5.74, 6) is 0.166. The fourth-order valence-electron chi connectivity index (χ4n) is 1.43. The predicted octanol–water partition coefficient (Wildman–Crippen LogP) is 1.47. The van der Waals surface area contributed by atoms with E-state index in [2.05, 4.69) is 0 Å². The van der Waals surface area contributed by atoms with Crippen LogP contribution in [0.2, 0.25) is 0 Å². The summed E-state index contributed by atoms with van der Waals surface area (Å²) in [6.45, 7) is 0.529. The van der Waals surface area contributed by atoms with Crippen LogP contribution in [-0.2, 0) is 0 Å². The third-order valence-corrected chi connectivity index (χ3v) is 2.12. The molecule has 0 bridgehead atoms. The number of hydrogen-bond donors (Lipinski definition) is 1. The summed E-state index contributed by atoms with van der Waals surface area (Å²) >= 11 is 0. The Kier molecular flexibility index (Phi) is 2.46. The fraction of sp³-hybridized carbons (Fsp3) is 1.00. The summed E-state index contributed by atoms with van der Waals surface area (Å²) in [5, 5.41) is 0. The molecule has 0 unspecified atom stereocenters. The molecule has 0 radical (unpaired) electrons. The standard InChI is InChI=1S/C7H14FN/c8-7-4-2-1-3-6(7)5-9/h6-7H,1-5,9H2/t6-,7-/m0/s1. The van der Waals surface area contributed by atoms with Crippen molar-refractivity contribution >= 4 is 0 Å². The van der Waals surface area contributed by atoms with Crippen molar-refractivity contribution in [3.8, 4) is 0 Å². The largest absolute Gasteiger partial charge is 0.330 e. The minimum Gasteiger partial charge on any atom is -0.330 e. The lowest BCUT2D eigenvalue weighted by Gasteiger charge is -2.23. The second kappa shape index (κ2) is 3.16. The van der Waals surface area contributed by atoms with Gasteiger partial charge in [0.05, 0.1) is 0 Å². The first-order valence-corrected chi connectivity index (χ1v) is 3.68. The zero-order valence-electron chi connectivity index (χ0n) is 5.65. The average molecular weight is 131 g/mol. The van der Waals surface area contributed by atoms with Crippen LogP contribution in [0.25, 0.3) is 0 Å². The summed E-state index contributed by atoms with van der Waals surface area (Å²) in [7, 11) is 0. The van der Waals surface area contributed by atoms with E-state index in [0.29, 0.717) is 6.54 Å². The molecule has 1 fully saturated rings. The Morgan fingerprint density at radius 1 is 1.33 bits per heavy atom. The molecule has 0 aromatic rings. The molecule has 1 aliphatic carbocycles. The maximum atomic E-state index is 12.8. The normalized spacial score (nSPS) is 36.7. The predicted molar refractivity (Wildman–Crippen MR) is 35.9 cm³/mol. The van der Waals surface area contributed by atoms with Crippen LogP contribution < -0.4 is 5.73 Å². The Bertz CT molecular complexity index is 85.0. The lowest BCUT2D eigenvalue weighted by Crippen LogP contribution is -2.27. The molecule has 1 nitrogen and oxygen atoms in total. The Hall–Kier alpha value is -0.110. The molecule has 1 saturated carbocycles. The highest BCUT2D eigenvalue weighted by Gasteiger charge is 2.22. The minimum absolute atomic E-state index is 0.166. The maximum absolute atomic E-state index is 12.8. The summed E-state index contributed by atoms with van der Waals surface area (Å²) < 4.78 is 12.8. The van der Waals surface area contributed by atoms with Gasteiger partial charge in [-0.2, -0.15) is 0 Å². The molecule has 0 saturated heterocycles. The molecule has 0 aromatic carbocycles. The summed E-state index contributed by atoms with van der Waals surface area (Å²) in [6.07, 6.45) is 3.35. The van der Waals surface area contributed by atoms with E-state index in [4.69, 9.17) is 5.73 Å². The van der Waals surface area contributed by atoms with Crippen LogP contribution in [0.15, 0.2) is 0 Å². The molecule has 0 heterocycles. The van der Waals surface area contributed by atoms with Gasteiger partial charge in [0.2, 0.25) is 0 Å². The molecule has 2 heteroatoms. The lowest BCUT2D eigenvalue weighted by atomic mass is 9.88. The third-order valence-electron chi connectivity index (χ3n) is 2.12. The van der Waals surface area contributed by atoms with Gasteiger partial charge in [-0.05, 0) is 19.4 Å². The van der Waals surface area contributed by atoms with Gasteiger partial charge >= 0.3 is 0 Å². The van der Waals surface area contributed by atoms with E-state index < -0.39 is 6.17 Å². The molecule has 1 rings (SSSR count). The number of halogens is 1. The zero-order chi connectivity index (χ0) is 6.69. The van der Waals surface area contributed by atoms with Gasteiger partial charge in [0, 0.05) is 5.92 Å². The van der Waals surface area contributed by atoms with Crippen LogP contribution in [0.4, 0.5) is 4.39 Å². The average Bonchev–Trinajstić information content (AvgIpc) is 1.89. The van der Waals surface area contributed by atoms with E-state index in [1.54, 1.807) is 0 Å². The van der Waals surface area contributed by atoms with E-state index in [9.17, 15) is 4.39 Å². The summed E-state index contributed by atoms with van der Waals surface area (Å²) in [5.41, 5.74) is 5.35. The number of alkyl halides is 1. The Labute approximate surface area is 55.4 Å². The van der Waals surface area contributed by atoms with E-state index >= 15 is 0 Å². The molecule has 1 aliphatic rings. The van der Waals surface area contributed by atoms with Crippen molar-refractivity contribution in [2.75, 3.05) is 6.54 Å². The SMILES string of the molecule is NC[C@@H]1CCCC[C@@H]1F.